The Kier molecular flexibility index (Phi) is 2.62. The molecule has 2 amide bonds. The van der Waals surface area contributed by atoms with Crippen molar-refractivity contribution in [2.75, 3.05) is 12.4 Å². The number of rotatable bonds is 1. The minimum atomic E-state index is -0.166. The summed E-state index contributed by atoms with van der Waals surface area (Å²) in [6.45, 7) is 2.23. The molecule has 1 aliphatic rings. The largest absolute Gasteiger partial charge is 0.341 e. The summed E-state index contributed by atoms with van der Waals surface area (Å²) in [6.07, 6.45) is 2.38. The molecule has 1 aromatic rings. The lowest BCUT2D eigenvalue weighted by atomic mass is 10.0. The number of carbonyl (C=O) groups is 1. The molecular weight excluding hydrogens is 188 g/mol. The van der Waals surface area contributed by atoms with E-state index in [9.17, 15) is 4.79 Å². The number of aryl methyl sites for hydroxylation is 1. The Balaban J connectivity index is 2.21. The fourth-order valence-electron chi connectivity index (χ4n) is 2.08. The monoisotopic (exact) mass is 204 g/mol. The van der Waals surface area contributed by atoms with Gasteiger partial charge in [0.2, 0.25) is 0 Å². The van der Waals surface area contributed by atoms with Crippen LogP contribution in [0.2, 0.25) is 0 Å². The number of hydrogen-bond donors (Lipinski definition) is 2. The quantitative estimate of drug-likeness (QED) is 0.725. The lowest BCUT2D eigenvalue weighted by molar-refractivity contribution is 0.254. The Labute approximate surface area is 89.9 Å². The van der Waals surface area contributed by atoms with E-state index in [1.165, 1.54) is 17.5 Å². The van der Waals surface area contributed by atoms with E-state index in [-0.39, 0.29) is 6.03 Å². The summed E-state index contributed by atoms with van der Waals surface area (Å²) in [5.41, 5.74) is 3.68. The van der Waals surface area contributed by atoms with Crippen LogP contribution in [0, 0.1) is 0 Å². The van der Waals surface area contributed by atoms with Gasteiger partial charge in [0.05, 0.1) is 0 Å². The Bertz CT molecular complexity index is 387. The van der Waals surface area contributed by atoms with Crippen molar-refractivity contribution in [2.45, 2.75) is 25.7 Å². The predicted molar refractivity (Wildman–Crippen MR) is 61.3 cm³/mol. The molecule has 1 atom stereocenters. The molecule has 2 rings (SSSR count). The third-order valence-electron chi connectivity index (χ3n) is 3.01. The van der Waals surface area contributed by atoms with E-state index in [0.29, 0.717) is 5.92 Å². The molecule has 0 radical (unpaired) electrons. The molecule has 3 nitrogen and oxygen atoms in total. The second-order valence-electron chi connectivity index (χ2n) is 4.06. The van der Waals surface area contributed by atoms with Gasteiger partial charge in [-0.1, -0.05) is 13.0 Å². The van der Waals surface area contributed by atoms with Gasteiger partial charge in [-0.15, -0.1) is 0 Å². The average Bonchev–Trinajstić information content (AvgIpc) is 2.60. The Morgan fingerprint density at radius 3 is 3.00 bits per heavy atom. The van der Waals surface area contributed by atoms with Gasteiger partial charge in [0, 0.05) is 12.7 Å². The first-order valence-electron chi connectivity index (χ1n) is 5.32. The number of anilines is 1. The van der Waals surface area contributed by atoms with Crippen LogP contribution in [-0.2, 0) is 6.42 Å². The summed E-state index contributed by atoms with van der Waals surface area (Å²) in [5, 5.41) is 5.33. The molecule has 80 valence electrons. The van der Waals surface area contributed by atoms with Crippen LogP contribution in [0.1, 0.15) is 30.4 Å². The first-order valence-corrected chi connectivity index (χ1v) is 5.32. The van der Waals surface area contributed by atoms with Gasteiger partial charge in [-0.3, -0.25) is 0 Å². The van der Waals surface area contributed by atoms with Crippen LogP contribution in [0.4, 0.5) is 10.5 Å². The molecule has 1 aromatic carbocycles. The van der Waals surface area contributed by atoms with Crippen molar-refractivity contribution < 1.29 is 4.79 Å². The van der Waals surface area contributed by atoms with Gasteiger partial charge in [0.15, 0.2) is 0 Å². The minimum absolute atomic E-state index is 0.166. The lowest BCUT2D eigenvalue weighted by Gasteiger charge is -2.08. The van der Waals surface area contributed by atoms with Crippen LogP contribution >= 0.6 is 0 Å². The van der Waals surface area contributed by atoms with Gasteiger partial charge in [-0.25, -0.2) is 4.79 Å². The Morgan fingerprint density at radius 2 is 2.27 bits per heavy atom. The van der Waals surface area contributed by atoms with Crippen molar-refractivity contribution in [1.82, 2.24) is 5.32 Å². The molecule has 0 saturated heterocycles. The molecular formula is C12H16N2O. The molecule has 0 fully saturated rings. The normalized spacial score (nSPS) is 18.4. The number of benzene rings is 1. The average molecular weight is 204 g/mol. The van der Waals surface area contributed by atoms with Crippen molar-refractivity contribution in [3.63, 3.8) is 0 Å². The highest BCUT2D eigenvalue weighted by atomic mass is 16.2. The lowest BCUT2D eigenvalue weighted by Crippen LogP contribution is -2.24. The molecule has 1 aliphatic carbocycles. The van der Waals surface area contributed by atoms with Crippen molar-refractivity contribution in [2.24, 2.45) is 0 Å². The molecule has 2 N–H and O–H groups in total. The maximum absolute atomic E-state index is 11.1. The van der Waals surface area contributed by atoms with Gasteiger partial charge in [-0.2, -0.15) is 0 Å². The summed E-state index contributed by atoms with van der Waals surface area (Å²) in [7, 11) is 1.62. The molecule has 0 saturated carbocycles. The molecule has 0 spiro atoms. The van der Waals surface area contributed by atoms with Crippen LogP contribution in [0.25, 0.3) is 0 Å². The van der Waals surface area contributed by atoms with Gasteiger partial charge in [0.25, 0.3) is 0 Å². The molecule has 1 unspecified atom stereocenters. The SMILES string of the molecule is CNC(=O)Nc1ccc2c(c1)C(C)CC2. The molecule has 0 bridgehead atoms. The van der Waals surface area contributed by atoms with Crippen molar-refractivity contribution in [1.29, 1.82) is 0 Å². The van der Waals surface area contributed by atoms with Gasteiger partial charge >= 0.3 is 6.03 Å². The van der Waals surface area contributed by atoms with Crippen LogP contribution in [0.3, 0.4) is 0 Å². The van der Waals surface area contributed by atoms with Crippen LogP contribution in [0.15, 0.2) is 18.2 Å². The van der Waals surface area contributed by atoms with E-state index in [1.807, 2.05) is 6.07 Å². The minimum Gasteiger partial charge on any atom is -0.341 e. The maximum Gasteiger partial charge on any atom is 0.318 e. The zero-order valence-corrected chi connectivity index (χ0v) is 9.13. The maximum atomic E-state index is 11.1. The van der Waals surface area contributed by atoms with Crippen molar-refractivity contribution >= 4 is 11.7 Å². The van der Waals surface area contributed by atoms with E-state index in [4.69, 9.17) is 0 Å². The number of carbonyl (C=O) groups excluding carboxylic acids is 1. The molecule has 0 aliphatic heterocycles. The number of hydrogen-bond acceptors (Lipinski definition) is 1. The van der Waals surface area contributed by atoms with Gasteiger partial charge in [0.1, 0.15) is 0 Å². The van der Waals surface area contributed by atoms with Crippen LogP contribution < -0.4 is 10.6 Å². The van der Waals surface area contributed by atoms with E-state index in [1.54, 1.807) is 7.05 Å². The third-order valence-corrected chi connectivity index (χ3v) is 3.01. The first kappa shape index (κ1) is 10.0. The zero-order chi connectivity index (χ0) is 10.8. The highest BCUT2D eigenvalue weighted by molar-refractivity contribution is 5.89. The second-order valence-corrected chi connectivity index (χ2v) is 4.06. The summed E-state index contributed by atoms with van der Waals surface area (Å²) in [6, 6.07) is 6.00. The summed E-state index contributed by atoms with van der Waals surface area (Å²) >= 11 is 0. The van der Waals surface area contributed by atoms with Gasteiger partial charge in [-0.05, 0) is 42.0 Å². The van der Waals surface area contributed by atoms with E-state index in [0.717, 1.165) is 12.1 Å². The van der Waals surface area contributed by atoms with Crippen LogP contribution in [-0.4, -0.2) is 13.1 Å². The second kappa shape index (κ2) is 3.93. The van der Waals surface area contributed by atoms with Gasteiger partial charge < -0.3 is 10.6 Å². The smallest absolute Gasteiger partial charge is 0.318 e. The number of urea groups is 1. The first-order chi connectivity index (χ1) is 7.20. The molecule has 15 heavy (non-hydrogen) atoms. The Morgan fingerprint density at radius 1 is 1.47 bits per heavy atom. The third kappa shape index (κ3) is 1.96. The fraction of sp³-hybridized carbons (Fsp3) is 0.417. The molecule has 0 heterocycles. The number of fused-ring (bicyclic) bond motifs is 1. The van der Waals surface area contributed by atoms with E-state index >= 15 is 0 Å². The molecule has 3 heteroatoms. The van der Waals surface area contributed by atoms with Crippen molar-refractivity contribution in [3.05, 3.63) is 29.3 Å². The molecule has 0 aromatic heterocycles. The fourth-order valence-corrected chi connectivity index (χ4v) is 2.08. The topological polar surface area (TPSA) is 41.1 Å². The summed E-state index contributed by atoms with van der Waals surface area (Å²) in [5.74, 6) is 0.617. The Hall–Kier alpha value is -1.51. The predicted octanol–water partition coefficient (Wildman–Crippen LogP) is 2.49. The standard InChI is InChI=1S/C12H16N2O/c1-8-3-4-9-5-6-10(7-11(8)9)14-12(15)13-2/h5-8H,3-4H2,1-2H3,(H2,13,14,15). The number of nitrogens with one attached hydrogen (secondary N) is 2. The van der Waals surface area contributed by atoms with E-state index < -0.39 is 0 Å². The summed E-state index contributed by atoms with van der Waals surface area (Å²) in [4.78, 5) is 11.1. The number of amides is 2. The van der Waals surface area contributed by atoms with E-state index in [2.05, 4.69) is 29.7 Å². The highest BCUT2D eigenvalue weighted by Crippen LogP contribution is 2.34. The highest BCUT2D eigenvalue weighted by Gasteiger charge is 2.18. The zero-order valence-electron chi connectivity index (χ0n) is 9.13. The van der Waals surface area contributed by atoms with Crippen molar-refractivity contribution in [3.8, 4) is 0 Å². The van der Waals surface area contributed by atoms with Crippen LogP contribution in [0.5, 0.6) is 0 Å². The summed E-state index contributed by atoms with van der Waals surface area (Å²) < 4.78 is 0.